The summed E-state index contributed by atoms with van der Waals surface area (Å²) in [6.07, 6.45) is 2.55. The highest BCUT2D eigenvalue weighted by Gasteiger charge is 2.04. The molecule has 0 unspecified atom stereocenters. The van der Waals surface area contributed by atoms with E-state index in [9.17, 15) is 4.79 Å². The molecule has 1 rings (SSSR count). The van der Waals surface area contributed by atoms with Crippen LogP contribution in [0.1, 0.15) is 12.0 Å². The number of aryl methyl sites for hydroxylation is 1. The summed E-state index contributed by atoms with van der Waals surface area (Å²) in [5.41, 5.74) is 1.99. The smallest absolute Gasteiger partial charge is 0.225 e. The zero-order chi connectivity index (χ0) is 11.3. The van der Waals surface area contributed by atoms with Crippen molar-refractivity contribution in [1.82, 2.24) is 0 Å². The SMILES string of the molecule is CSCCC(=O)Nc1cc(C)ccc1Br. The van der Waals surface area contributed by atoms with Gasteiger partial charge >= 0.3 is 0 Å². The Morgan fingerprint density at radius 2 is 2.27 bits per heavy atom. The second kappa shape index (κ2) is 6.18. The van der Waals surface area contributed by atoms with Crippen LogP contribution in [0, 0.1) is 6.92 Å². The van der Waals surface area contributed by atoms with Gasteiger partial charge in [-0.1, -0.05) is 6.07 Å². The molecule has 0 aliphatic rings. The molecule has 1 N–H and O–H groups in total. The molecule has 0 aliphatic carbocycles. The first-order valence-corrected chi connectivity index (χ1v) is 6.87. The van der Waals surface area contributed by atoms with Gasteiger partial charge in [-0.2, -0.15) is 11.8 Å². The van der Waals surface area contributed by atoms with E-state index in [1.807, 2.05) is 31.4 Å². The van der Waals surface area contributed by atoms with Gasteiger partial charge in [-0.3, -0.25) is 4.79 Å². The van der Waals surface area contributed by atoms with Crippen molar-refractivity contribution in [2.75, 3.05) is 17.3 Å². The number of thioether (sulfide) groups is 1. The molecule has 15 heavy (non-hydrogen) atoms. The second-order valence-electron chi connectivity index (χ2n) is 3.27. The fourth-order valence-corrected chi connectivity index (χ4v) is 1.88. The highest BCUT2D eigenvalue weighted by Crippen LogP contribution is 2.23. The molecule has 1 aromatic carbocycles. The van der Waals surface area contributed by atoms with Crippen molar-refractivity contribution in [3.8, 4) is 0 Å². The maximum absolute atomic E-state index is 11.5. The van der Waals surface area contributed by atoms with Crippen LogP contribution in [0.3, 0.4) is 0 Å². The molecule has 0 aromatic heterocycles. The van der Waals surface area contributed by atoms with E-state index >= 15 is 0 Å². The summed E-state index contributed by atoms with van der Waals surface area (Å²) in [5, 5.41) is 2.89. The fourth-order valence-electron chi connectivity index (χ4n) is 1.14. The summed E-state index contributed by atoms with van der Waals surface area (Å²) < 4.78 is 0.922. The van der Waals surface area contributed by atoms with Crippen molar-refractivity contribution in [2.24, 2.45) is 0 Å². The molecule has 2 nitrogen and oxygen atoms in total. The Labute approximate surface area is 103 Å². The lowest BCUT2D eigenvalue weighted by atomic mass is 10.2. The Balaban J connectivity index is 2.63. The van der Waals surface area contributed by atoms with E-state index in [1.165, 1.54) is 0 Å². The quantitative estimate of drug-likeness (QED) is 0.919. The normalized spacial score (nSPS) is 10.1. The van der Waals surface area contributed by atoms with E-state index < -0.39 is 0 Å². The van der Waals surface area contributed by atoms with Gasteiger partial charge in [0.15, 0.2) is 0 Å². The van der Waals surface area contributed by atoms with E-state index in [2.05, 4.69) is 21.2 Å². The van der Waals surface area contributed by atoms with Crippen LogP contribution in [-0.2, 0) is 4.79 Å². The summed E-state index contributed by atoms with van der Waals surface area (Å²) >= 11 is 5.08. The summed E-state index contributed by atoms with van der Waals surface area (Å²) in [5.74, 6) is 0.922. The van der Waals surface area contributed by atoms with Crippen molar-refractivity contribution in [3.05, 3.63) is 28.2 Å². The summed E-state index contributed by atoms with van der Waals surface area (Å²) in [6, 6.07) is 5.90. The molecule has 1 amide bonds. The lowest BCUT2D eigenvalue weighted by molar-refractivity contribution is -0.115. The minimum absolute atomic E-state index is 0.0654. The monoisotopic (exact) mass is 287 g/mol. The number of benzene rings is 1. The topological polar surface area (TPSA) is 29.1 Å². The van der Waals surface area contributed by atoms with Crippen molar-refractivity contribution < 1.29 is 4.79 Å². The maximum atomic E-state index is 11.5. The molecule has 0 fully saturated rings. The Morgan fingerprint density at radius 3 is 2.93 bits per heavy atom. The highest BCUT2D eigenvalue weighted by atomic mass is 79.9. The third-order valence-electron chi connectivity index (χ3n) is 1.93. The van der Waals surface area contributed by atoms with E-state index in [1.54, 1.807) is 11.8 Å². The van der Waals surface area contributed by atoms with Crippen molar-refractivity contribution in [3.63, 3.8) is 0 Å². The van der Waals surface area contributed by atoms with Gasteiger partial charge in [-0.15, -0.1) is 0 Å². The van der Waals surface area contributed by atoms with Crippen LogP contribution >= 0.6 is 27.7 Å². The molecular weight excluding hydrogens is 274 g/mol. The molecule has 0 atom stereocenters. The number of amides is 1. The molecule has 4 heteroatoms. The predicted octanol–water partition coefficient (Wildman–Crippen LogP) is 3.45. The van der Waals surface area contributed by atoms with Crippen LogP contribution in [0.15, 0.2) is 22.7 Å². The Bertz CT molecular complexity index is 354. The van der Waals surface area contributed by atoms with Crippen molar-refractivity contribution >= 4 is 39.3 Å². The number of hydrogen-bond acceptors (Lipinski definition) is 2. The van der Waals surface area contributed by atoms with Crippen LogP contribution in [0.2, 0.25) is 0 Å². The molecule has 0 bridgehead atoms. The van der Waals surface area contributed by atoms with E-state index in [0.717, 1.165) is 21.5 Å². The second-order valence-corrected chi connectivity index (χ2v) is 5.11. The molecule has 0 saturated carbocycles. The van der Waals surface area contributed by atoms with E-state index in [-0.39, 0.29) is 5.91 Å². The Morgan fingerprint density at radius 1 is 1.53 bits per heavy atom. The lowest BCUT2D eigenvalue weighted by Gasteiger charge is -2.07. The number of carbonyl (C=O) groups excluding carboxylic acids is 1. The van der Waals surface area contributed by atoms with Gasteiger partial charge in [-0.25, -0.2) is 0 Å². The van der Waals surface area contributed by atoms with Gasteiger partial charge < -0.3 is 5.32 Å². The Hall–Kier alpha value is -0.480. The van der Waals surface area contributed by atoms with Gasteiger partial charge in [0, 0.05) is 16.6 Å². The number of halogens is 1. The number of rotatable bonds is 4. The van der Waals surface area contributed by atoms with Crippen LogP contribution in [0.5, 0.6) is 0 Å². The number of hydrogen-bond donors (Lipinski definition) is 1. The highest BCUT2D eigenvalue weighted by molar-refractivity contribution is 9.10. The van der Waals surface area contributed by atoms with Crippen LogP contribution in [0.25, 0.3) is 0 Å². The van der Waals surface area contributed by atoms with Crippen molar-refractivity contribution in [1.29, 1.82) is 0 Å². The maximum Gasteiger partial charge on any atom is 0.225 e. The first-order valence-electron chi connectivity index (χ1n) is 4.68. The predicted molar refractivity (Wildman–Crippen MR) is 70.5 cm³/mol. The minimum Gasteiger partial charge on any atom is -0.325 e. The average molecular weight is 288 g/mol. The largest absolute Gasteiger partial charge is 0.325 e. The van der Waals surface area contributed by atoms with Crippen molar-refractivity contribution in [2.45, 2.75) is 13.3 Å². The Kier molecular flexibility index (Phi) is 5.19. The van der Waals surface area contributed by atoms with Crippen LogP contribution < -0.4 is 5.32 Å². The fraction of sp³-hybridized carbons (Fsp3) is 0.364. The van der Waals surface area contributed by atoms with Crippen LogP contribution in [0.4, 0.5) is 5.69 Å². The third kappa shape index (κ3) is 4.26. The third-order valence-corrected chi connectivity index (χ3v) is 3.23. The number of anilines is 1. The molecular formula is C11H14BrNOS. The minimum atomic E-state index is 0.0654. The molecule has 0 radical (unpaired) electrons. The lowest BCUT2D eigenvalue weighted by Crippen LogP contribution is -2.12. The summed E-state index contributed by atoms with van der Waals surface area (Å²) in [6.45, 7) is 2.00. The van der Waals surface area contributed by atoms with Gasteiger partial charge in [0.25, 0.3) is 0 Å². The molecule has 0 aliphatic heterocycles. The van der Waals surface area contributed by atoms with Gasteiger partial charge in [0.05, 0.1) is 5.69 Å². The van der Waals surface area contributed by atoms with E-state index in [4.69, 9.17) is 0 Å². The molecule has 0 saturated heterocycles. The first kappa shape index (κ1) is 12.6. The number of carbonyl (C=O) groups is 1. The summed E-state index contributed by atoms with van der Waals surface area (Å²) in [4.78, 5) is 11.5. The molecule has 1 aromatic rings. The van der Waals surface area contributed by atoms with Gasteiger partial charge in [0.2, 0.25) is 5.91 Å². The molecule has 0 heterocycles. The average Bonchev–Trinajstić information content (AvgIpc) is 2.20. The molecule has 0 spiro atoms. The zero-order valence-electron chi connectivity index (χ0n) is 8.84. The van der Waals surface area contributed by atoms with Crippen LogP contribution in [-0.4, -0.2) is 17.9 Å². The van der Waals surface area contributed by atoms with Gasteiger partial charge in [0.1, 0.15) is 0 Å². The number of nitrogens with one attached hydrogen (secondary N) is 1. The summed E-state index contributed by atoms with van der Waals surface area (Å²) in [7, 11) is 0. The van der Waals surface area contributed by atoms with Gasteiger partial charge in [-0.05, 0) is 46.8 Å². The molecule has 82 valence electrons. The zero-order valence-corrected chi connectivity index (χ0v) is 11.2. The van der Waals surface area contributed by atoms with E-state index in [0.29, 0.717) is 6.42 Å². The standard InChI is InChI=1S/C11H14BrNOS/c1-8-3-4-9(12)10(7-8)13-11(14)5-6-15-2/h3-4,7H,5-6H2,1-2H3,(H,13,14). The first-order chi connectivity index (χ1) is 7.13.